The first-order valence-electron chi connectivity index (χ1n) is 8.27. The van der Waals surface area contributed by atoms with Gasteiger partial charge in [0, 0.05) is 29.3 Å². The molecule has 1 N–H and O–H groups in total. The largest absolute Gasteiger partial charge is 0.487 e. The number of rotatable bonds is 8. The lowest BCUT2D eigenvalue weighted by Gasteiger charge is -2.07. The Balaban J connectivity index is 1.43. The van der Waals surface area contributed by atoms with E-state index in [0.29, 0.717) is 6.61 Å². The summed E-state index contributed by atoms with van der Waals surface area (Å²) in [6.45, 7) is 1.08. The number of aliphatic hydroxyl groups is 1. The fourth-order valence-corrected chi connectivity index (χ4v) is 2.89. The average Bonchev–Trinajstić information content (AvgIpc) is 3.01. The first-order chi connectivity index (χ1) is 12.2. The maximum absolute atomic E-state index is 11.7. The van der Waals surface area contributed by atoms with Crippen LogP contribution >= 0.6 is 11.6 Å². The van der Waals surface area contributed by atoms with Crippen molar-refractivity contribution in [2.75, 3.05) is 6.61 Å². The average molecular weight is 362 g/mol. The van der Waals surface area contributed by atoms with E-state index in [9.17, 15) is 4.79 Å². The number of aromatic nitrogens is 1. The Hall–Kier alpha value is -2.24. The zero-order valence-electron chi connectivity index (χ0n) is 13.8. The lowest BCUT2D eigenvalue weighted by molar-refractivity contribution is 0.236. The van der Waals surface area contributed by atoms with Gasteiger partial charge in [-0.3, -0.25) is 4.79 Å². The molecule has 0 saturated heterocycles. The first kappa shape index (κ1) is 17.6. The van der Waals surface area contributed by atoms with E-state index in [1.807, 2.05) is 18.2 Å². The van der Waals surface area contributed by atoms with Crippen LogP contribution in [0.15, 0.2) is 52.0 Å². The summed E-state index contributed by atoms with van der Waals surface area (Å²) in [6.07, 6.45) is 6.17. The number of ether oxygens (including phenoxy) is 1. The molecule has 2 aromatic heterocycles. The molecule has 3 aromatic rings. The fourth-order valence-electron chi connectivity index (χ4n) is 2.72. The van der Waals surface area contributed by atoms with Gasteiger partial charge in [0.05, 0.1) is 6.61 Å². The lowest BCUT2D eigenvalue weighted by atomic mass is 10.2. The topological polar surface area (TPSA) is 64.6 Å². The molecule has 0 aliphatic rings. The van der Waals surface area contributed by atoms with Crippen LogP contribution in [-0.4, -0.2) is 16.3 Å². The van der Waals surface area contributed by atoms with E-state index in [1.165, 1.54) is 17.7 Å². The number of fused-ring (bicyclic) bond motifs is 1. The molecule has 0 aliphatic heterocycles. The molecule has 2 heterocycles. The van der Waals surface area contributed by atoms with E-state index in [1.54, 1.807) is 0 Å². The predicted molar refractivity (Wildman–Crippen MR) is 97.2 cm³/mol. The summed E-state index contributed by atoms with van der Waals surface area (Å²) in [7, 11) is 0. The number of aryl methyl sites for hydroxylation is 1. The van der Waals surface area contributed by atoms with Crippen molar-refractivity contribution in [3.05, 3.63) is 63.8 Å². The van der Waals surface area contributed by atoms with Crippen LogP contribution in [0.25, 0.3) is 10.9 Å². The number of benzene rings is 1. The molecule has 0 spiro atoms. The number of unbranched alkanes of at least 4 members (excludes halogenated alkanes) is 2. The zero-order chi connectivity index (χ0) is 17.6. The Bertz CT molecular complexity index is 900. The third kappa shape index (κ3) is 4.44. The number of halogens is 1. The maximum Gasteiger partial charge on any atom is 0.227 e. The van der Waals surface area contributed by atoms with Crippen molar-refractivity contribution in [2.24, 2.45) is 0 Å². The minimum atomic E-state index is -0.297. The standard InChI is InChI=1S/C19H20ClNO4/c20-15-5-4-14-6-8-21(17(14)10-15)7-2-1-3-9-24-19-13-25-16(12-22)11-18(19)23/h4-6,8,10-11,13,22H,1-3,7,9,12H2. The Morgan fingerprint density at radius 3 is 2.84 bits per heavy atom. The molecule has 3 rings (SSSR count). The van der Waals surface area contributed by atoms with Crippen LogP contribution in [0.4, 0.5) is 0 Å². The highest BCUT2D eigenvalue weighted by Crippen LogP contribution is 2.21. The monoisotopic (exact) mass is 361 g/mol. The number of nitrogens with zero attached hydrogens (tertiary/aromatic N) is 1. The zero-order valence-corrected chi connectivity index (χ0v) is 14.5. The predicted octanol–water partition coefficient (Wildman–Crippen LogP) is 3.99. The molecule has 0 aliphatic carbocycles. The smallest absolute Gasteiger partial charge is 0.227 e. The van der Waals surface area contributed by atoms with Crippen molar-refractivity contribution in [2.45, 2.75) is 32.4 Å². The molecule has 1 aromatic carbocycles. The van der Waals surface area contributed by atoms with Crippen LogP contribution in [0.2, 0.25) is 5.02 Å². The molecule has 0 saturated carbocycles. The van der Waals surface area contributed by atoms with Gasteiger partial charge in [-0.25, -0.2) is 0 Å². The molecule has 0 radical (unpaired) electrons. The van der Waals surface area contributed by atoms with Crippen molar-refractivity contribution in [3.63, 3.8) is 0 Å². The molecule has 0 bridgehead atoms. The molecular weight excluding hydrogens is 342 g/mol. The highest BCUT2D eigenvalue weighted by Gasteiger charge is 2.04. The molecule has 25 heavy (non-hydrogen) atoms. The van der Waals surface area contributed by atoms with Gasteiger partial charge < -0.3 is 18.8 Å². The molecule has 0 amide bonds. The van der Waals surface area contributed by atoms with Gasteiger partial charge >= 0.3 is 0 Å². The fraction of sp³-hybridized carbons (Fsp3) is 0.316. The van der Waals surface area contributed by atoms with Crippen LogP contribution < -0.4 is 10.2 Å². The van der Waals surface area contributed by atoms with Crippen molar-refractivity contribution < 1.29 is 14.3 Å². The summed E-state index contributed by atoms with van der Waals surface area (Å²) in [5.74, 6) is 0.416. The summed E-state index contributed by atoms with van der Waals surface area (Å²) >= 11 is 6.06. The molecule has 0 fully saturated rings. The number of hydrogen-bond donors (Lipinski definition) is 1. The minimum Gasteiger partial charge on any atom is -0.487 e. The minimum absolute atomic E-state index is 0.184. The SMILES string of the molecule is O=c1cc(CO)occ1OCCCCCn1ccc2ccc(Cl)cc21. The highest BCUT2D eigenvalue weighted by molar-refractivity contribution is 6.31. The van der Waals surface area contributed by atoms with Gasteiger partial charge in [-0.2, -0.15) is 0 Å². The van der Waals surface area contributed by atoms with E-state index in [0.717, 1.165) is 36.3 Å². The number of aliphatic hydroxyl groups excluding tert-OH is 1. The molecule has 0 unspecified atom stereocenters. The molecule has 132 valence electrons. The van der Waals surface area contributed by atoms with Crippen LogP contribution in [0.1, 0.15) is 25.0 Å². The van der Waals surface area contributed by atoms with Gasteiger partial charge in [-0.05, 0) is 42.8 Å². The molecule has 5 nitrogen and oxygen atoms in total. The molecule has 6 heteroatoms. The van der Waals surface area contributed by atoms with E-state index in [2.05, 4.69) is 16.8 Å². The van der Waals surface area contributed by atoms with E-state index < -0.39 is 0 Å². The van der Waals surface area contributed by atoms with Gasteiger partial charge in [-0.15, -0.1) is 0 Å². The van der Waals surface area contributed by atoms with Crippen molar-refractivity contribution in [3.8, 4) is 5.75 Å². The Labute approximate surface area is 150 Å². The summed E-state index contributed by atoms with van der Waals surface area (Å²) in [5, 5.41) is 10.8. The van der Waals surface area contributed by atoms with E-state index in [-0.39, 0.29) is 23.5 Å². The third-order valence-electron chi connectivity index (χ3n) is 4.04. The maximum atomic E-state index is 11.7. The number of hydrogen-bond acceptors (Lipinski definition) is 4. The van der Waals surface area contributed by atoms with Gasteiger partial charge in [0.25, 0.3) is 0 Å². The van der Waals surface area contributed by atoms with Crippen LogP contribution in [-0.2, 0) is 13.2 Å². The van der Waals surface area contributed by atoms with Crippen molar-refractivity contribution in [1.82, 2.24) is 4.57 Å². The van der Waals surface area contributed by atoms with Crippen LogP contribution in [0.5, 0.6) is 5.75 Å². The van der Waals surface area contributed by atoms with Crippen LogP contribution in [0.3, 0.4) is 0 Å². The van der Waals surface area contributed by atoms with Gasteiger partial charge in [0.15, 0.2) is 0 Å². The summed E-state index contributed by atoms with van der Waals surface area (Å²) in [6, 6.07) is 9.24. The Kier molecular flexibility index (Phi) is 5.79. The Morgan fingerprint density at radius 2 is 2.04 bits per heavy atom. The van der Waals surface area contributed by atoms with Crippen molar-refractivity contribution >= 4 is 22.5 Å². The second-order valence-corrected chi connectivity index (χ2v) is 6.29. The molecule has 0 atom stereocenters. The lowest BCUT2D eigenvalue weighted by Crippen LogP contribution is -2.09. The van der Waals surface area contributed by atoms with Crippen molar-refractivity contribution in [1.29, 1.82) is 0 Å². The highest BCUT2D eigenvalue weighted by atomic mass is 35.5. The molecular formula is C19H20ClNO4. The third-order valence-corrected chi connectivity index (χ3v) is 4.28. The second-order valence-electron chi connectivity index (χ2n) is 5.85. The van der Waals surface area contributed by atoms with Gasteiger partial charge in [0.1, 0.15) is 18.6 Å². The summed E-state index contributed by atoms with van der Waals surface area (Å²) < 4.78 is 12.7. The summed E-state index contributed by atoms with van der Waals surface area (Å²) in [4.78, 5) is 11.7. The van der Waals surface area contributed by atoms with Crippen LogP contribution in [0, 0.1) is 0 Å². The quantitative estimate of drug-likeness (QED) is 0.616. The Morgan fingerprint density at radius 1 is 1.16 bits per heavy atom. The first-order valence-corrected chi connectivity index (χ1v) is 8.65. The van der Waals surface area contributed by atoms with E-state index in [4.69, 9.17) is 25.9 Å². The van der Waals surface area contributed by atoms with Gasteiger partial charge in [0.2, 0.25) is 11.2 Å². The second kappa shape index (κ2) is 8.23. The van der Waals surface area contributed by atoms with E-state index >= 15 is 0 Å². The van der Waals surface area contributed by atoms with Gasteiger partial charge in [-0.1, -0.05) is 17.7 Å². The summed E-state index contributed by atoms with van der Waals surface area (Å²) in [5.41, 5.74) is 0.872. The normalized spacial score (nSPS) is 11.1.